The highest BCUT2D eigenvalue weighted by Gasteiger charge is 2.13. The van der Waals surface area contributed by atoms with Crippen molar-refractivity contribution in [1.29, 1.82) is 0 Å². The van der Waals surface area contributed by atoms with E-state index in [9.17, 15) is 4.79 Å². The van der Waals surface area contributed by atoms with Gasteiger partial charge in [0.25, 0.3) is 0 Å². The molecule has 0 unspecified atom stereocenters. The molecule has 0 saturated carbocycles. The summed E-state index contributed by atoms with van der Waals surface area (Å²) in [6.45, 7) is 0.945. The Hall–Kier alpha value is -1.88. The summed E-state index contributed by atoms with van der Waals surface area (Å²) in [6.07, 6.45) is 1.86. The molecule has 5 heteroatoms. The SMILES string of the molecule is CNCCCc1nc2c(C(=O)OC)cccc2[nH]1. The van der Waals surface area contributed by atoms with Crippen molar-refractivity contribution < 1.29 is 9.53 Å². The Morgan fingerprint density at radius 2 is 2.33 bits per heavy atom. The van der Waals surface area contributed by atoms with Crippen LogP contribution in [0.15, 0.2) is 18.2 Å². The van der Waals surface area contributed by atoms with Crippen molar-refractivity contribution in [2.45, 2.75) is 12.8 Å². The maximum Gasteiger partial charge on any atom is 0.340 e. The molecule has 1 heterocycles. The summed E-state index contributed by atoms with van der Waals surface area (Å²) in [7, 11) is 3.30. The Morgan fingerprint density at radius 3 is 3.06 bits per heavy atom. The Balaban J connectivity index is 2.29. The topological polar surface area (TPSA) is 67.0 Å². The lowest BCUT2D eigenvalue weighted by Crippen LogP contribution is -2.08. The van der Waals surface area contributed by atoms with E-state index in [0.29, 0.717) is 11.1 Å². The van der Waals surface area contributed by atoms with Crippen LogP contribution in [0.3, 0.4) is 0 Å². The molecule has 0 aliphatic heterocycles. The van der Waals surface area contributed by atoms with E-state index >= 15 is 0 Å². The van der Waals surface area contributed by atoms with Crippen molar-refractivity contribution in [2.24, 2.45) is 0 Å². The second-order valence-electron chi connectivity index (χ2n) is 4.08. The summed E-state index contributed by atoms with van der Waals surface area (Å²) in [5.74, 6) is 0.547. The normalized spacial score (nSPS) is 10.8. The van der Waals surface area contributed by atoms with Crippen LogP contribution in [0.1, 0.15) is 22.6 Å². The Labute approximate surface area is 106 Å². The third-order valence-electron chi connectivity index (χ3n) is 2.81. The molecule has 2 N–H and O–H groups in total. The quantitative estimate of drug-likeness (QED) is 0.620. The maximum absolute atomic E-state index is 11.6. The number of rotatable bonds is 5. The summed E-state index contributed by atoms with van der Waals surface area (Å²) in [6, 6.07) is 5.47. The van der Waals surface area contributed by atoms with Crippen LogP contribution in [0.25, 0.3) is 11.0 Å². The summed E-state index contributed by atoms with van der Waals surface area (Å²) in [5.41, 5.74) is 2.06. The number of aromatic amines is 1. The Bertz CT molecular complexity index is 548. The van der Waals surface area contributed by atoms with Crippen LogP contribution in [-0.2, 0) is 11.2 Å². The van der Waals surface area contributed by atoms with Gasteiger partial charge in [-0.2, -0.15) is 0 Å². The summed E-state index contributed by atoms with van der Waals surface area (Å²) >= 11 is 0. The highest BCUT2D eigenvalue weighted by molar-refractivity contribution is 6.01. The van der Waals surface area contributed by atoms with Gasteiger partial charge in [0.15, 0.2) is 0 Å². The van der Waals surface area contributed by atoms with Gasteiger partial charge in [0, 0.05) is 6.42 Å². The van der Waals surface area contributed by atoms with Gasteiger partial charge in [0.1, 0.15) is 11.3 Å². The Morgan fingerprint density at radius 1 is 1.50 bits per heavy atom. The van der Waals surface area contributed by atoms with Crippen LogP contribution in [0.5, 0.6) is 0 Å². The summed E-state index contributed by atoms with van der Waals surface area (Å²) in [4.78, 5) is 19.3. The number of hydrogen-bond acceptors (Lipinski definition) is 4. The second kappa shape index (κ2) is 5.64. The zero-order valence-electron chi connectivity index (χ0n) is 10.6. The van der Waals surface area contributed by atoms with E-state index in [1.54, 1.807) is 6.07 Å². The monoisotopic (exact) mass is 247 g/mol. The van der Waals surface area contributed by atoms with Gasteiger partial charge in [-0.25, -0.2) is 9.78 Å². The fourth-order valence-electron chi connectivity index (χ4n) is 1.91. The number of hydrogen-bond donors (Lipinski definition) is 2. The van der Waals surface area contributed by atoms with Crippen LogP contribution < -0.4 is 5.32 Å². The molecule has 0 aliphatic carbocycles. The molecule has 0 spiro atoms. The number of nitrogens with one attached hydrogen (secondary N) is 2. The van der Waals surface area contributed by atoms with E-state index in [1.165, 1.54) is 7.11 Å². The number of aromatic nitrogens is 2. The molecule has 0 atom stereocenters. The van der Waals surface area contributed by atoms with E-state index < -0.39 is 0 Å². The molecule has 18 heavy (non-hydrogen) atoms. The number of carbonyl (C=O) groups is 1. The number of fused-ring (bicyclic) bond motifs is 1. The van der Waals surface area contributed by atoms with Crippen LogP contribution in [0, 0.1) is 0 Å². The average Bonchev–Trinajstić information content (AvgIpc) is 2.80. The first-order chi connectivity index (χ1) is 8.76. The minimum atomic E-state index is -0.353. The summed E-state index contributed by atoms with van der Waals surface area (Å²) < 4.78 is 4.75. The molecule has 1 aromatic heterocycles. The molecule has 5 nitrogen and oxygen atoms in total. The number of methoxy groups -OCH3 is 1. The lowest BCUT2D eigenvalue weighted by Gasteiger charge is -1.98. The molecule has 0 radical (unpaired) electrons. The van der Waals surface area contributed by atoms with Gasteiger partial charge in [-0.15, -0.1) is 0 Å². The highest BCUT2D eigenvalue weighted by atomic mass is 16.5. The third kappa shape index (κ3) is 2.51. The van der Waals surface area contributed by atoms with Gasteiger partial charge in [-0.05, 0) is 32.1 Å². The fraction of sp³-hybridized carbons (Fsp3) is 0.385. The molecule has 0 amide bonds. The van der Waals surface area contributed by atoms with Crippen LogP contribution in [0.4, 0.5) is 0 Å². The van der Waals surface area contributed by atoms with E-state index in [1.807, 2.05) is 19.2 Å². The van der Waals surface area contributed by atoms with Gasteiger partial charge in [0.2, 0.25) is 0 Å². The van der Waals surface area contributed by atoms with Gasteiger partial charge in [-0.3, -0.25) is 0 Å². The number of aryl methyl sites for hydroxylation is 1. The lowest BCUT2D eigenvalue weighted by atomic mass is 10.2. The second-order valence-corrected chi connectivity index (χ2v) is 4.08. The van der Waals surface area contributed by atoms with E-state index in [4.69, 9.17) is 4.74 Å². The number of carbonyl (C=O) groups excluding carboxylic acids is 1. The molecule has 2 rings (SSSR count). The van der Waals surface area contributed by atoms with E-state index in [-0.39, 0.29) is 5.97 Å². The van der Waals surface area contributed by atoms with Crippen LogP contribution in [-0.4, -0.2) is 36.6 Å². The third-order valence-corrected chi connectivity index (χ3v) is 2.81. The van der Waals surface area contributed by atoms with Crippen molar-refractivity contribution in [3.8, 4) is 0 Å². The van der Waals surface area contributed by atoms with Gasteiger partial charge in [-0.1, -0.05) is 6.07 Å². The van der Waals surface area contributed by atoms with E-state index in [2.05, 4.69) is 15.3 Å². The number of esters is 1. The first kappa shape index (κ1) is 12.6. The van der Waals surface area contributed by atoms with Crippen molar-refractivity contribution in [2.75, 3.05) is 20.7 Å². The van der Waals surface area contributed by atoms with Gasteiger partial charge < -0.3 is 15.0 Å². The highest BCUT2D eigenvalue weighted by Crippen LogP contribution is 2.17. The number of benzene rings is 1. The number of H-pyrrole nitrogens is 1. The molecule has 0 saturated heterocycles. The molecule has 96 valence electrons. The molecular weight excluding hydrogens is 230 g/mol. The smallest absolute Gasteiger partial charge is 0.340 e. The predicted molar refractivity (Wildman–Crippen MR) is 69.7 cm³/mol. The molecule has 0 bridgehead atoms. The van der Waals surface area contributed by atoms with Crippen molar-refractivity contribution in [1.82, 2.24) is 15.3 Å². The minimum Gasteiger partial charge on any atom is -0.465 e. The molecule has 0 aliphatic rings. The van der Waals surface area contributed by atoms with Crippen LogP contribution >= 0.6 is 0 Å². The Kier molecular flexibility index (Phi) is 3.94. The van der Waals surface area contributed by atoms with Gasteiger partial charge in [0.05, 0.1) is 18.2 Å². The van der Waals surface area contributed by atoms with Crippen molar-refractivity contribution >= 4 is 17.0 Å². The average molecular weight is 247 g/mol. The first-order valence-corrected chi connectivity index (χ1v) is 5.96. The van der Waals surface area contributed by atoms with E-state index in [0.717, 1.165) is 30.7 Å². The predicted octanol–water partition coefficient (Wildman–Crippen LogP) is 1.50. The number of nitrogens with zero attached hydrogens (tertiary/aromatic N) is 1. The number of imidazole rings is 1. The molecule has 0 fully saturated rings. The maximum atomic E-state index is 11.6. The first-order valence-electron chi connectivity index (χ1n) is 5.96. The number of ether oxygens (including phenoxy) is 1. The largest absolute Gasteiger partial charge is 0.465 e. The fourth-order valence-corrected chi connectivity index (χ4v) is 1.91. The zero-order valence-corrected chi connectivity index (χ0v) is 10.6. The lowest BCUT2D eigenvalue weighted by molar-refractivity contribution is 0.0603. The van der Waals surface area contributed by atoms with Crippen LogP contribution in [0.2, 0.25) is 0 Å². The molecule has 1 aromatic carbocycles. The summed E-state index contributed by atoms with van der Waals surface area (Å²) in [5, 5.41) is 3.09. The zero-order chi connectivity index (χ0) is 13.0. The van der Waals surface area contributed by atoms with Gasteiger partial charge >= 0.3 is 5.97 Å². The molecule has 2 aromatic rings. The number of para-hydroxylation sites is 1. The van der Waals surface area contributed by atoms with Crippen molar-refractivity contribution in [3.63, 3.8) is 0 Å². The minimum absolute atomic E-state index is 0.353. The standard InChI is InChI=1S/C13H17N3O2/c1-14-8-4-7-11-15-10-6-3-5-9(12(10)16-11)13(17)18-2/h3,5-6,14H,4,7-8H2,1-2H3,(H,15,16). The van der Waals surface area contributed by atoms with Crippen molar-refractivity contribution in [3.05, 3.63) is 29.6 Å². The molecular formula is C13H17N3O2.